The van der Waals surface area contributed by atoms with E-state index in [0.717, 1.165) is 37.5 Å². The second-order valence-electron chi connectivity index (χ2n) is 15.8. The molecule has 0 aromatic rings. The minimum atomic E-state index is -0.806. The average molecular weight is 475 g/mol. The standard InChI is InChI=1S/C31H54O3/c1-19-10-14-28(6)22(26(19,2)3)12-16-29(7)23(28)18-21(32)25-20(11-15-30(25,29)8)31(9)17-13-24(34-31)27(4,5)33/h19-25,32-33H,10-18H2,1-9H3/t19-,20?,21+,22?,23?,24?,25?,28-,29+,30+,31?/m0/s1. The normalized spacial score (nSPS) is 57.1. The quantitative estimate of drug-likeness (QED) is 0.453. The molecular weight excluding hydrogens is 420 g/mol. The number of hydrogen-bond donors (Lipinski definition) is 2. The van der Waals surface area contributed by atoms with Crippen molar-refractivity contribution in [2.45, 2.75) is 144 Å². The maximum Gasteiger partial charge on any atom is 0.0865 e. The van der Waals surface area contributed by atoms with Crippen molar-refractivity contribution >= 4 is 0 Å². The summed E-state index contributed by atoms with van der Waals surface area (Å²) in [4.78, 5) is 0. The summed E-state index contributed by atoms with van der Waals surface area (Å²) in [5.41, 5.74) is 0.0986. The maximum atomic E-state index is 12.0. The van der Waals surface area contributed by atoms with Crippen molar-refractivity contribution in [3.05, 3.63) is 0 Å². The molecule has 0 bridgehead atoms. The van der Waals surface area contributed by atoms with Crippen molar-refractivity contribution in [2.75, 3.05) is 0 Å². The topological polar surface area (TPSA) is 49.7 Å². The van der Waals surface area contributed by atoms with Crippen LogP contribution in [-0.2, 0) is 4.74 Å². The number of hydrogen-bond acceptors (Lipinski definition) is 3. The molecule has 5 rings (SSSR count). The van der Waals surface area contributed by atoms with Crippen LogP contribution in [0.25, 0.3) is 0 Å². The molecule has 34 heavy (non-hydrogen) atoms. The van der Waals surface area contributed by atoms with Crippen molar-refractivity contribution in [1.29, 1.82) is 0 Å². The third-order valence-corrected chi connectivity index (χ3v) is 13.8. The molecule has 1 heterocycles. The van der Waals surface area contributed by atoms with E-state index in [2.05, 4.69) is 48.5 Å². The molecule has 0 amide bonds. The SMILES string of the molecule is C[C@H]1CC[C@@]2(C)C(CC[C@]3(C)C2C[C@@H](O)C2C(C4(C)CCC(C(C)(C)O)O4)CC[C@]23C)C1(C)C. The van der Waals surface area contributed by atoms with Gasteiger partial charge in [0.1, 0.15) is 0 Å². The van der Waals surface area contributed by atoms with Crippen molar-refractivity contribution in [1.82, 2.24) is 0 Å². The van der Waals surface area contributed by atoms with Crippen LogP contribution in [0, 0.1) is 51.2 Å². The van der Waals surface area contributed by atoms with E-state index >= 15 is 0 Å². The van der Waals surface area contributed by atoms with Crippen molar-refractivity contribution < 1.29 is 14.9 Å². The van der Waals surface area contributed by atoms with Gasteiger partial charge in [0.15, 0.2) is 0 Å². The first-order chi connectivity index (χ1) is 15.5. The van der Waals surface area contributed by atoms with Crippen LogP contribution in [-0.4, -0.2) is 33.6 Å². The van der Waals surface area contributed by atoms with Gasteiger partial charge in [-0.25, -0.2) is 0 Å². The lowest BCUT2D eigenvalue weighted by molar-refractivity contribution is -0.243. The summed E-state index contributed by atoms with van der Waals surface area (Å²) in [5.74, 6) is 2.82. The summed E-state index contributed by atoms with van der Waals surface area (Å²) in [6.45, 7) is 21.4. The number of aliphatic hydroxyl groups excluding tert-OH is 1. The Bertz CT molecular complexity index is 814. The van der Waals surface area contributed by atoms with Crippen LogP contribution in [0.3, 0.4) is 0 Å². The molecule has 4 saturated carbocycles. The van der Waals surface area contributed by atoms with E-state index in [-0.39, 0.29) is 28.6 Å². The maximum absolute atomic E-state index is 12.0. The van der Waals surface area contributed by atoms with Gasteiger partial charge in [0, 0.05) is 0 Å². The first-order valence-corrected chi connectivity index (χ1v) is 14.6. The van der Waals surface area contributed by atoms with Gasteiger partial charge in [-0.05, 0) is 130 Å². The van der Waals surface area contributed by atoms with Crippen LogP contribution in [0.5, 0.6) is 0 Å². The Balaban J connectivity index is 1.48. The fourth-order valence-electron chi connectivity index (χ4n) is 11.3. The monoisotopic (exact) mass is 474 g/mol. The van der Waals surface area contributed by atoms with E-state index in [1.54, 1.807) is 0 Å². The van der Waals surface area contributed by atoms with Gasteiger partial charge in [0.2, 0.25) is 0 Å². The first-order valence-electron chi connectivity index (χ1n) is 14.6. The van der Waals surface area contributed by atoms with Gasteiger partial charge in [-0.3, -0.25) is 0 Å². The molecule has 0 spiro atoms. The van der Waals surface area contributed by atoms with Crippen LogP contribution < -0.4 is 0 Å². The highest BCUT2D eigenvalue weighted by molar-refractivity contribution is 5.20. The van der Waals surface area contributed by atoms with Crippen molar-refractivity contribution in [3.63, 3.8) is 0 Å². The molecule has 5 aliphatic rings. The Labute approximate surface area is 209 Å². The highest BCUT2D eigenvalue weighted by Gasteiger charge is 2.71. The summed E-state index contributed by atoms with van der Waals surface area (Å²) in [6, 6.07) is 0. The van der Waals surface area contributed by atoms with Gasteiger partial charge in [-0.15, -0.1) is 0 Å². The third-order valence-electron chi connectivity index (χ3n) is 13.8. The lowest BCUT2D eigenvalue weighted by Gasteiger charge is -2.70. The Kier molecular flexibility index (Phi) is 5.61. The van der Waals surface area contributed by atoms with Crippen LogP contribution in [0.2, 0.25) is 0 Å². The Morgan fingerprint density at radius 3 is 2.06 bits per heavy atom. The molecule has 6 unspecified atom stereocenters. The molecule has 3 nitrogen and oxygen atoms in total. The number of rotatable bonds is 2. The van der Waals surface area contributed by atoms with E-state index in [9.17, 15) is 10.2 Å². The minimum absolute atomic E-state index is 0.103. The van der Waals surface area contributed by atoms with Crippen LogP contribution in [0.4, 0.5) is 0 Å². The van der Waals surface area contributed by atoms with E-state index in [0.29, 0.717) is 28.6 Å². The zero-order valence-corrected chi connectivity index (χ0v) is 23.7. The van der Waals surface area contributed by atoms with Crippen LogP contribution in [0.15, 0.2) is 0 Å². The summed E-state index contributed by atoms with van der Waals surface area (Å²) in [6.07, 6.45) is 10.2. The van der Waals surface area contributed by atoms with E-state index in [1.807, 2.05) is 13.8 Å². The molecule has 1 aliphatic heterocycles. The van der Waals surface area contributed by atoms with E-state index < -0.39 is 5.60 Å². The third kappa shape index (κ3) is 3.17. The Morgan fingerprint density at radius 1 is 0.794 bits per heavy atom. The van der Waals surface area contributed by atoms with Crippen LogP contribution >= 0.6 is 0 Å². The van der Waals surface area contributed by atoms with Gasteiger partial charge >= 0.3 is 0 Å². The second-order valence-corrected chi connectivity index (χ2v) is 15.8. The van der Waals surface area contributed by atoms with Gasteiger partial charge in [-0.1, -0.05) is 41.5 Å². The largest absolute Gasteiger partial charge is 0.393 e. The number of aliphatic hydroxyl groups is 2. The molecule has 0 aromatic carbocycles. The van der Waals surface area contributed by atoms with Gasteiger partial charge < -0.3 is 14.9 Å². The fraction of sp³-hybridized carbons (Fsp3) is 1.00. The Hall–Kier alpha value is -0.120. The lowest BCUT2D eigenvalue weighted by Crippen LogP contribution is -2.66. The fourth-order valence-corrected chi connectivity index (χ4v) is 11.3. The molecule has 3 heteroatoms. The number of ether oxygens (including phenoxy) is 1. The van der Waals surface area contributed by atoms with Crippen LogP contribution in [0.1, 0.15) is 120 Å². The molecule has 0 aromatic heterocycles. The predicted octanol–water partition coefficient (Wildman–Crippen LogP) is 6.99. The minimum Gasteiger partial charge on any atom is -0.393 e. The predicted molar refractivity (Wildman–Crippen MR) is 138 cm³/mol. The zero-order chi connectivity index (χ0) is 25.1. The molecule has 0 radical (unpaired) electrons. The molecule has 2 N–H and O–H groups in total. The summed E-state index contributed by atoms with van der Waals surface area (Å²) >= 11 is 0. The highest BCUT2D eigenvalue weighted by atomic mass is 16.5. The smallest absolute Gasteiger partial charge is 0.0865 e. The molecular formula is C31H54O3. The summed E-state index contributed by atoms with van der Waals surface area (Å²) in [5, 5.41) is 22.6. The molecule has 1 saturated heterocycles. The first kappa shape index (κ1) is 25.5. The molecule has 4 aliphatic carbocycles. The second kappa shape index (κ2) is 7.47. The molecule has 5 fully saturated rings. The molecule has 11 atom stereocenters. The summed E-state index contributed by atoms with van der Waals surface area (Å²) in [7, 11) is 0. The Morgan fingerprint density at radius 2 is 1.44 bits per heavy atom. The molecule has 196 valence electrons. The number of fused-ring (bicyclic) bond motifs is 5. The lowest BCUT2D eigenvalue weighted by atomic mass is 9.34. The van der Waals surface area contributed by atoms with Gasteiger partial charge in [-0.2, -0.15) is 0 Å². The van der Waals surface area contributed by atoms with E-state index in [1.165, 1.54) is 32.1 Å². The van der Waals surface area contributed by atoms with Crippen molar-refractivity contribution in [3.8, 4) is 0 Å². The highest BCUT2D eigenvalue weighted by Crippen LogP contribution is 2.76. The average Bonchev–Trinajstić information content (AvgIpc) is 3.30. The zero-order valence-electron chi connectivity index (χ0n) is 23.7. The van der Waals surface area contributed by atoms with E-state index in [4.69, 9.17) is 4.74 Å². The van der Waals surface area contributed by atoms with Gasteiger partial charge in [0.25, 0.3) is 0 Å². The summed E-state index contributed by atoms with van der Waals surface area (Å²) < 4.78 is 6.69. The van der Waals surface area contributed by atoms with Crippen molar-refractivity contribution in [2.24, 2.45) is 51.2 Å². The van der Waals surface area contributed by atoms with Gasteiger partial charge in [0.05, 0.1) is 23.4 Å².